The molecule has 1 N–H and O–H groups in total. The summed E-state index contributed by atoms with van der Waals surface area (Å²) in [7, 11) is 2.16. The van der Waals surface area contributed by atoms with Crippen molar-refractivity contribution in [2.45, 2.75) is 105 Å². The van der Waals surface area contributed by atoms with Crippen LogP contribution in [0.15, 0.2) is 29.8 Å². The molecule has 1 aromatic carbocycles. The quantitative estimate of drug-likeness (QED) is 0.0754. The van der Waals surface area contributed by atoms with E-state index >= 15 is 0 Å². The summed E-state index contributed by atoms with van der Waals surface area (Å²) in [5.74, 6) is -1.04. The molecule has 0 fully saturated rings. The summed E-state index contributed by atoms with van der Waals surface area (Å²) < 4.78 is 34.4. The van der Waals surface area contributed by atoms with Gasteiger partial charge in [0.15, 0.2) is 25.9 Å². The van der Waals surface area contributed by atoms with Crippen molar-refractivity contribution >= 4 is 31.7 Å². The fraction of sp³-hybridized carbons (Fsp3) is 0.706. The molecule has 0 radical (unpaired) electrons. The minimum Gasteiger partial charge on any atom is -0.493 e. The van der Waals surface area contributed by atoms with Gasteiger partial charge in [-0.15, -0.1) is 11.6 Å². The van der Waals surface area contributed by atoms with E-state index in [9.17, 15) is 14.7 Å². The second-order valence-electron chi connectivity index (χ2n) is 13.3. The van der Waals surface area contributed by atoms with Gasteiger partial charge < -0.3 is 33.2 Å². The van der Waals surface area contributed by atoms with Crippen LogP contribution in [-0.4, -0.2) is 83.4 Å². The molecule has 0 heterocycles. The summed E-state index contributed by atoms with van der Waals surface area (Å²) in [5, 5.41) is 11.0. The molecule has 0 aromatic heterocycles. The van der Waals surface area contributed by atoms with Crippen LogP contribution in [0.2, 0.25) is 18.1 Å². The second-order valence-corrected chi connectivity index (χ2v) is 18.4. The molecule has 0 saturated heterocycles. The van der Waals surface area contributed by atoms with Crippen molar-refractivity contribution in [3.8, 4) is 11.5 Å². The van der Waals surface area contributed by atoms with E-state index in [1.165, 1.54) is 7.11 Å². The third-order valence-corrected chi connectivity index (χ3v) is 13.5. The number of aliphatic hydroxyl groups excluding tert-OH is 1. The Morgan fingerprint density at radius 3 is 2.11 bits per heavy atom. The lowest BCUT2D eigenvalue weighted by Gasteiger charge is -2.41. The van der Waals surface area contributed by atoms with Crippen LogP contribution in [0.1, 0.15) is 61.0 Å². The average molecular weight is 673 g/mol. The van der Waals surface area contributed by atoms with E-state index in [0.29, 0.717) is 23.7 Å². The number of methoxy groups -OCH3 is 3. The summed E-state index contributed by atoms with van der Waals surface area (Å²) in [4.78, 5) is 26.9. The standard InChI is InChI=1S/C34H57ClO9Si/c1-21(25(5)43-20-26-14-15-27(39-9)28(19-26)40-10)18-22(2)29(36)23(3)30(37)24(4)31(41-11)32(33(38)42-17-16-35)44-45(12,13)34(6,7)8/h14-15,18-19,21,23-25,29,31-32,36H,16-17,20H2,1-13H3/b22-18+/t21-,23+,24+,25+,29-,31-,32+/m0/s1. The third kappa shape index (κ3) is 11.7. The van der Waals surface area contributed by atoms with Crippen LogP contribution in [0.5, 0.6) is 11.5 Å². The van der Waals surface area contributed by atoms with Crippen molar-refractivity contribution in [3.63, 3.8) is 0 Å². The van der Waals surface area contributed by atoms with Gasteiger partial charge in [-0.2, -0.15) is 0 Å². The van der Waals surface area contributed by atoms with E-state index in [4.69, 9.17) is 39.7 Å². The van der Waals surface area contributed by atoms with Gasteiger partial charge in [0.25, 0.3) is 0 Å². The predicted molar refractivity (Wildman–Crippen MR) is 181 cm³/mol. The zero-order valence-electron chi connectivity index (χ0n) is 29.6. The average Bonchev–Trinajstić information content (AvgIpc) is 2.99. The highest BCUT2D eigenvalue weighted by atomic mass is 35.5. The van der Waals surface area contributed by atoms with E-state index < -0.39 is 44.4 Å². The number of aliphatic hydroxyl groups is 1. The molecule has 0 unspecified atom stereocenters. The Labute approximate surface area is 277 Å². The number of ketones is 1. The molecular formula is C34H57ClO9Si. The molecule has 0 bridgehead atoms. The van der Waals surface area contributed by atoms with Gasteiger partial charge in [0, 0.05) is 24.9 Å². The van der Waals surface area contributed by atoms with E-state index in [1.54, 1.807) is 35.0 Å². The molecule has 1 aromatic rings. The molecule has 9 nitrogen and oxygen atoms in total. The number of hydrogen-bond donors (Lipinski definition) is 1. The van der Waals surface area contributed by atoms with Crippen LogP contribution < -0.4 is 9.47 Å². The maximum absolute atomic E-state index is 13.7. The Bertz CT molecular complexity index is 1120. The molecule has 1 rings (SSSR count). The molecule has 0 spiro atoms. The molecule has 0 aliphatic rings. The number of esters is 1. The highest BCUT2D eigenvalue weighted by Gasteiger charge is 2.46. The molecule has 45 heavy (non-hydrogen) atoms. The summed E-state index contributed by atoms with van der Waals surface area (Å²) in [6, 6.07) is 5.64. The molecule has 11 heteroatoms. The van der Waals surface area contributed by atoms with Crippen LogP contribution in [0.25, 0.3) is 0 Å². The van der Waals surface area contributed by atoms with Gasteiger partial charge in [0.05, 0.1) is 38.9 Å². The number of benzene rings is 1. The molecule has 258 valence electrons. The first-order valence-electron chi connectivity index (χ1n) is 15.5. The van der Waals surface area contributed by atoms with Gasteiger partial charge in [-0.1, -0.05) is 53.7 Å². The van der Waals surface area contributed by atoms with Gasteiger partial charge in [-0.3, -0.25) is 4.79 Å². The van der Waals surface area contributed by atoms with Gasteiger partial charge in [-0.25, -0.2) is 4.79 Å². The number of rotatable bonds is 19. The van der Waals surface area contributed by atoms with Gasteiger partial charge in [0.2, 0.25) is 0 Å². The first-order chi connectivity index (χ1) is 20.9. The second kappa shape index (κ2) is 18.4. The maximum Gasteiger partial charge on any atom is 0.336 e. The Morgan fingerprint density at radius 2 is 1.60 bits per heavy atom. The van der Waals surface area contributed by atoms with Crippen molar-refractivity contribution < 1.29 is 42.8 Å². The molecule has 0 aliphatic carbocycles. The maximum atomic E-state index is 13.7. The molecule has 7 atom stereocenters. The first kappa shape index (κ1) is 41.1. The fourth-order valence-electron chi connectivity index (χ4n) is 4.68. The first-order valence-corrected chi connectivity index (χ1v) is 19.0. The van der Waals surface area contributed by atoms with Crippen LogP contribution >= 0.6 is 11.6 Å². The largest absolute Gasteiger partial charge is 0.493 e. The molecule has 0 saturated carbocycles. The van der Waals surface area contributed by atoms with Crippen LogP contribution in [0.4, 0.5) is 0 Å². The van der Waals surface area contributed by atoms with Crippen LogP contribution in [0, 0.1) is 17.8 Å². The van der Waals surface area contributed by atoms with Crippen molar-refractivity contribution in [2.75, 3.05) is 33.8 Å². The number of Topliss-reactive ketones (excluding diaryl/α,β-unsaturated/α-hetero) is 1. The van der Waals surface area contributed by atoms with Crippen LogP contribution in [-0.2, 0) is 34.8 Å². The monoisotopic (exact) mass is 672 g/mol. The molecule has 0 amide bonds. The summed E-state index contributed by atoms with van der Waals surface area (Å²) in [6.07, 6.45) is -1.32. The number of hydrogen-bond acceptors (Lipinski definition) is 9. The zero-order chi connectivity index (χ0) is 34.7. The lowest BCUT2D eigenvalue weighted by atomic mass is 9.83. The Balaban J connectivity index is 3.05. The Morgan fingerprint density at radius 1 is 1.00 bits per heavy atom. The minimum absolute atomic E-state index is 0.0181. The normalized spacial score (nSPS) is 17.4. The highest BCUT2D eigenvalue weighted by Crippen LogP contribution is 2.39. The van der Waals surface area contributed by atoms with E-state index in [-0.39, 0.29) is 35.3 Å². The van der Waals surface area contributed by atoms with Crippen molar-refractivity contribution in [2.24, 2.45) is 17.8 Å². The number of alkyl halides is 1. The lowest BCUT2D eigenvalue weighted by Crippen LogP contribution is -2.54. The van der Waals surface area contributed by atoms with E-state index in [0.717, 1.165) is 5.56 Å². The summed E-state index contributed by atoms with van der Waals surface area (Å²) in [6.45, 7) is 19.8. The van der Waals surface area contributed by atoms with E-state index in [2.05, 4.69) is 20.8 Å². The zero-order valence-corrected chi connectivity index (χ0v) is 31.3. The smallest absolute Gasteiger partial charge is 0.336 e. The highest BCUT2D eigenvalue weighted by molar-refractivity contribution is 6.74. The Kier molecular flexibility index (Phi) is 16.8. The van der Waals surface area contributed by atoms with Crippen molar-refractivity contribution in [3.05, 3.63) is 35.4 Å². The number of carbonyl (C=O) groups excluding carboxylic acids is 2. The molecular weight excluding hydrogens is 616 g/mol. The van der Waals surface area contributed by atoms with Gasteiger partial charge >= 0.3 is 5.97 Å². The number of halogens is 1. The van der Waals surface area contributed by atoms with Crippen molar-refractivity contribution in [1.29, 1.82) is 0 Å². The lowest BCUT2D eigenvalue weighted by molar-refractivity contribution is -0.163. The Hall–Kier alpha value is -1.95. The minimum atomic E-state index is -2.47. The summed E-state index contributed by atoms with van der Waals surface area (Å²) >= 11 is 5.77. The van der Waals surface area contributed by atoms with Crippen molar-refractivity contribution in [1.82, 2.24) is 0 Å². The number of carbonyl (C=O) groups is 2. The summed E-state index contributed by atoms with van der Waals surface area (Å²) in [5.41, 5.74) is 1.59. The SMILES string of the molecule is COc1ccc(CO[C@H](C)[C@@H](C)/C=C(\C)[C@H](O)[C@@H](C)C(=O)[C@@H](C)[C@H](OC)[C@@H](O[Si](C)(C)C(C)(C)C)C(=O)OCCCl)cc1OC. The molecule has 0 aliphatic heterocycles. The topological polar surface area (TPSA) is 110 Å². The predicted octanol–water partition coefficient (Wildman–Crippen LogP) is 6.58. The third-order valence-electron chi connectivity index (χ3n) is 8.91. The van der Waals surface area contributed by atoms with Gasteiger partial charge in [-0.05, 0) is 55.2 Å². The van der Waals surface area contributed by atoms with Gasteiger partial charge in [0.1, 0.15) is 18.5 Å². The van der Waals surface area contributed by atoms with E-state index in [1.807, 2.05) is 51.2 Å². The fourth-order valence-corrected chi connectivity index (χ4v) is 5.98. The number of ether oxygens (including phenoxy) is 5. The van der Waals surface area contributed by atoms with Crippen LogP contribution in [0.3, 0.4) is 0 Å².